The number of hydrogen-bond donors (Lipinski definition) is 1. The molecule has 1 aromatic carbocycles. The maximum absolute atomic E-state index is 12.7. The minimum absolute atomic E-state index is 0.119. The van der Waals surface area contributed by atoms with Crippen molar-refractivity contribution >= 4 is 27.3 Å². The number of nitrogens with one attached hydrogen (secondary N) is 1. The Morgan fingerprint density at radius 1 is 1.32 bits per heavy atom. The molecule has 2 heterocycles. The van der Waals surface area contributed by atoms with Crippen LogP contribution in [0.5, 0.6) is 5.75 Å². The average Bonchev–Trinajstić information content (AvgIpc) is 3.23. The van der Waals surface area contributed by atoms with E-state index in [9.17, 15) is 13.2 Å². The molecular formula is C20H26N2O4S2. The van der Waals surface area contributed by atoms with Gasteiger partial charge in [-0.25, -0.2) is 8.42 Å². The molecule has 1 aliphatic rings. The Hall–Kier alpha value is -1.90. The van der Waals surface area contributed by atoms with Crippen molar-refractivity contribution in [2.45, 2.75) is 36.9 Å². The van der Waals surface area contributed by atoms with E-state index in [1.54, 1.807) is 17.5 Å². The summed E-state index contributed by atoms with van der Waals surface area (Å²) in [6, 6.07) is 10.9. The molecule has 1 amide bonds. The number of thiophene rings is 1. The molecule has 6 nitrogen and oxygen atoms in total. The Balaban J connectivity index is 1.54. The van der Waals surface area contributed by atoms with Crippen LogP contribution in [0.15, 0.2) is 46.0 Å². The Labute approximate surface area is 170 Å². The van der Waals surface area contributed by atoms with Crippen LogP contribution < -0.4 is 10.1 Å². The van der Waals surface area contributed by atoms with Crippen LogP contribution in [-0.4, -0.2) is 44.4 Å². The van der Waals surface area contributed by atoms with Gasteiger partial charge >= 0.3 is 0 Å². The Kier molecular flexibility index (Phi) is 6.74. The molecule has 0 radical (unpaired) electrons. The predicted octanol–water partition coefficient (Wildman–Crippen LogP) is 3.04. The first kappa shape index (κ1) is 20.8. The van der Waals surface area contributed by atoms with E-state index < -0.39 is 10.0 Å². The van der Waals surface area contributed by atoms with E-state index in [0.717, 1.165) is 11.3 Å². The van der Waals surface area contributed by atoms with E-state index in [2.05, 4.69) is 5.32 Å². The van der Waals surface area contributed by atoms with Crippen molar-refractivity contribution in [2.75, 3.05) is 19.7 Å². The first-order valence-electron chi connectivity index (χ1n) is 9.40. The summed E-state index contributed by atoms with van der Waals surface area (Å²) < 4.78 is 33.0. The van der Waals surface area contributed by atoms with Gasteiger partial charge in [-0.2, -0.15) is 4.31 Å². The number of rotatable bonds is 7. The molecule has 1 aliphatic heterocycles. The Morgan fingerprint density at radius 2 is 2.11 bits per heavy atom. The van der Waals surface area contributed by atoms with Gasteiger partial charge in [0.25, 0.3) is 10.0 Å². The lowest BCUT2D eigenvalue weighted by atomic mass is 9.98. The van der Waals surface area contributed by atoms with E-state index in [4.69, 9.17) is 4.74 Å². The lowest BCUT2D eigenvalue weighted by Crippen LogP contribution is -2.47. The number of nitrogens with zero attached hydrogens (tertiary/aromatic N) is 1. The van der Waals surface area contributed by atoms with Crippen molar-refractivity contribution in [3.8, 4) is 5.75 Å². The van der Waals surface area contributed by atoms with Crippen LogP contribution in [-0.2, 0) is 14.8 Å². The van der Waals surface area contributed by atoms with Gasteiger partial charge in [0, 0.05) is 13.1 Å². The van der Waals surface area contributed by atoms with Crippen molar-refractivity contribution in [3.63, 3.8) is 0 Å². The van der Waals surface area contributed by atoms with Crippen molar-refractivity contribution in [2.24, 2.45) is 5.92 Å². The Bertz CT molecular complexity index is 897. The van der Waals surface area contributed by atoms with Crippen LogP contribution in [0.2, 0.25) is 0 Å². The molecule has 1 N–H and O–H groups in total. The van der Waals surface area contributed by atoms with E-state index in [0.29, 0.717) is 30.2 Å². The van der Waals surface area contributed by atoms with Crippen LogP contribution in [0, 0.1) is 12.8 Å². The zero-order valence-corrected chi connectivity index (χ0v) is 17.8. The minimum atomic E-state index is -3.52. The summed E-state index contributed by atoms with van der Waals surface area (Å²) in [5, 5.41) is 4.71. The van der Waals surface area contributed by atoms with Gasteiger partial charge in [-0.1, -0.05) is 24.3 Å². The predicted molar refractivity (Wildman–Crippen MR) is 110 cm³/mol. The molecule has 0 aliphatic carbocycles. The number of amides is 1. The molecule has 0 bridgehead atoms. The molecule has 3 rings (SSSR count). The molecule has 28 heavy (non-hydrogen) atoms. The molecule has 152 valence electrons. The van der Waals surface area contributed by atoms with Crippen LogP contribution in [0.3, 0.4) is 0 Å². The fourth-order valence-electron chi connectivity index (χ4n) is 3.25. The highest BCUT2D eigenvalue weighted by molar-refractivity contribution is 7.91. The van der Waals surface area contributed by atoms with E-state index >= 15 is 0 Å². The van der Waals surface area contributed by atoms with Gasteiger partial charge in [0.05, 0.1) is 12.0 Å². The summed E-state index contributed by atoms with van der Waals surface area (Å²) in [5.41, 5.74) is 1.04. The monoisotopic (exact) mass is 422 g/mol. The van der Waals surface area contributed by atoms with Gasteiger partial charge < -0.3 is 10.1 Å². The quantitative estimate of drug-likeness (QED) is 0.744. The maximum atomic E-state index is 12.7. The number of aryl methyl sites for hydroxylation is 1. The second-order valence-corrected chi connectivity index (χ2v) is 10.2. The summed E-state index contributed by atoms with van der Waals surface area (Å²) in [6.45, 7) is 4.90. The third-order valence-corrected chi connectivity index (χ3v) is 8.05. The highest BCUT2D eigenvalue weighted by Crippen LogP contribution is 2.26. The standard InChI is InChI=1S/C20H26N2O4S2/c1-15-7-3-4-9-18(15)26-14-16(2)21-20(23)17-8-5-11-22(13-17)28(24,25)19-10-6-12-27-19/h3-4,6-7,9-10,12,16-17H,5,8,11,13-14H2,1-2H3,(H,21,23). The number of ether oxygens (including phenoxy) is 1. The molecule has 2 unspecified atom stereocenters. The van der Waals surface area contributed by atoms with Crippen LogP contribution in [0.25, 0.3) is 0 Å². The van der Waals surface area contributed by atoms with Gasteiger partial charge in [-0.3, -0.25) is 4.79 Å². The average molecular weight is 423 g/mol. The number of carbonyl (C=O) groups excluding carboxylic acids is 1. The van der Waals surface area contributed by atoms with Crippen molar-refractivity contribution in [3.05, 3.63) is 47.3 Å². The highest BCUT2D eigenvalue weighted by atomic mass is 32.2. The van der Waals surface area contributed by atoms with Crippen LogP contribution >= 0.6 is 11.3 Å². The number of hydrogen-bond acceptors (Lipinski definition) is 5. The number of benzene rings is 1. The van der Waals surface area contributed by atoms with Gasteiger partial charge in [0.15, 0.2) is 0 Å². The van der Waals surface area contributed by atoms with Crippen molar-refractivity contribution in [1.29, 1.82) is 0 Å². The summed E-state index contributed by atoms with van der Waals surface area (Å²) in [4.78, 5) is 12.7. The van der Waals surface area contributed by atoms with Crippen molar-refractivity contribution < 1.29 is 17.9 Å². The smallest absolute Gasteiger partial charge is 0.252 e. The third-order valence-electron chi connectivity index (χ3n) is 4.82. The zero-order chi connectivity index (χ0) is 20.1. The number of sulfonamides is 1. The normalized spacial score (nSPS) is 19.1. The largest absolute Gasteiger partial charge is 0.491 e. The second-order valence-electron chi connectivity index (χ2n) is 7.12. The summed E-state index contributed by atoms with van der Waals surface area (Å²) in [6.07, 6.45) is 1.37. The maximum Gasteiger partial charge on any atom is 0.252 e. The van der Waals surface area contributed by atoms with E-state index in [-0.39, 0.29) is 24.4 Å². The van der Waals surface area contributed by atoms with Gasteiger partial charge in [0.2, 0.25) is 5.91 Å². The lowest BCUT2D eigenvalue weighted by molar-refractivity contribution is -0.126. The summed E-state index contributed by atoms with van der Waals surface area (Å²) >= 11 is 1.20. The molecular weight excluding hydrogens is 396 g/mol. The first-order valence-corrected chi connectivity index (χ1v) is 11.7. The van der Waals surface area contributed by atoms with E-state index in [1.807, 2.05) is 38.1 Å². The van der Waals surface area contributed by atoms with Gasteiger partial charge in [-0.15, -0.1) is 11.3 Å². The summed E-state index contributed by atoms with van der Waals surface area (Å²) in [5.74, 6) is 0.339. The second kappa shape index (κ2) is 9.07. The van der Waals surface area contributed by atoms with Gasteiger partial charge in [-0.05, 0) is 49.8 Å². The minimum Gasteiger partial charge on any atom is -0.491 e. The molecule has 0 saturated carbocycles. The fourth-order valence-corrected chi connectivity index (χ4v) is 5.92. The summed E-state index contributed by atoms with van der Waals surface area (Å²) in [7, 11) is -3.52. The highest BCUT2D eigenvalue weighted by Gasteiger charge is 2.34. The lowest BCUT2D eigenvalue weighted by Gasteiger charge is -2.31. The molecule has 2 atom stereocenters. The molecule has 0 spiro atoms. The number of piperidine rings is 1. The SMILES string of the molecule is Cc1ccccc1OCC(C)NC(=O)C1CCCN(S(=O)(=O)c2cccs2)C1. The van der Waals surface area contributed by atoms with E-state index in [1.165, 1.54) is 15.6 Å². The Morgan fingerprint density at radius 3 is 2.82 bits per heavy atom. The van der Waals surface area contributed by atoms with Crippen LogP contribution in [0.4, 0.5) is 0 Å². The fraction of sp³-hybridized carbons (Fsp3) is 0.450. The van der Waals surface area contributed by atoms with Gasteiger partial charge in [0.1, 0.15) is 16.6 Å². The van der Waals surface area contributed by atoms with Crippen molar-refractivity contribution in [1.82, 2.24) is 9.62 Å². The number of carbonyl (C=O) groups is 1. The third kappa shape index (κ3) is 4.92. The molecule has 8 heteroatoms. The molecule has 1 fully saturated rings. The molecule has 2 aromatic rings. The first-order chi connectivity index (χ1) is 13.4. The molecule has 1 saturated heterocycles. The zero-order valence-electron chi connectivity index (χ0n) is 16.1. The topological polar surface area (TPSA) is 75.7 Å². The van der Waals surface area contributed by atoms with Crippen LogP contribution in [0.1, 0.15) is 25.3 Å². The number of para-hydroxylation sites is 1. The molecule has 1 aromatic heterocycles.